The van der Waals surface area contributed by atoms with Crippen molar-refractivity contribution in [1.29, 1.82) is 0 Å². The van der Waals surface area contributed by atoms with E-state index in [9.17, 15) is 4.79 Å². The van der Waals surface area contributed by atoms with Crippen LogP contribution in [0.5, 0.6) is 0 Å². The van der Waals surface area contributed by atoms with Crippen molar-refractivity contribution in [2.45, 2.75) is 26.7 Å². The lowest BCUT2D eigenvalue weighted by Crippen LogP contribution is -2.03. The number of Topliss-reactive ketones (excluding diaryl/α,β-unsaturated/α-hetero) is 1. The smallest absolute Gasteiger partial charge is 0.129 e. The van der Waals surface area contributed by atoms with Crippen molar-refractivity contribution in [3.8, 4) is 0 Å². The Morgan fingerprint density at radius 2 is 1.83 bits per heavy atom. The van der Waals surface area contributed by atoms with E-state index in [-0.39, 0.29) is 5.78 Å². The van der Waals surface area contributed by atoms with E-state index in [1.54, 1.807) is 6.92 Å². The molecule has 2 nitrogen and oxygen atoms in total. The molecule has 0 fully saturated rings. The van der Waals surface area contributed by atoms with Crippen LogP contribution in [-0.2, 0) is 4.79 Å². The summed E-state index contributed by atoms with van der Waals surface area (Å²) < 4.78 is 0. The van der Waals surface area contributed by atoms with E-state index in [0.717, 1.165) is 18.7 Å². The average molecular weight is 241 g/mol. The fourth-order valence-corrected chi connectivity index (χ4v) is 2.05. The summed E-state index contributed by atoms with van der Waals surface area (Å²) in [5, 5.41) is 5.87. The highest BCUT2D eigenvalue weighted by Crippen LogP contribution is 2.20. The highest BCUT2D eigenvalue weighted by Gasteiger charge is 1.97. The number of hydrogen-bond acceptors (Lipinski definition) is 2. The number of benzene rings is 2. The molecule has 0 amide bonds. The highest BCUT2D eigenvalue weighted by molar-refractivity contribution is 5.86. The molecule has 2 aromatic carbocycles. The first kappa shape index (κ1) is 12.6. The van der Waals surface area contributed by atoms with Gasteiger partial charge in [0.25, 0.3) is 0 Å². The summed E-state index contributed by atoms with van der Waals surface area (Å²) >= 11 is 0. The molecule has 0 saturated carbocycles. The molecule has 0 saturated heterocycles. The molecule has 2 rings (SSSR count). The number of rotatable bonds is 5. The second kappa shape index (κ2) is 5.67. The Hall–Kier alpha value is -1.83. The van der Waals surface area contributed by atoms with Crippen LogP contribution in [0, 0.1) is 6.92 Å². The van der Waals surface area contributed by atoms with Gasteiger partial charge >= 0.3 is 0 Å². The van der Waals surface area contributed by atoms with Gasteiger partial charge < -0.3 is 10.1 Å². The minimum Gasteiger partial charge on any atom is -0.385 e. The molecule has 0 aliphatic carbocycles. The number of fused-ring (bicyclic) bond motifs is 1. The van der Waals surface area contributed by atoms with E-state index in [1.165, 1.54) is 16.3 Å². The Balaban J connectivity index is 2.01. The van der Waals surface area contributed by atoms with Crippen LogP contribution in [-0.4, -0.2) is 12.3 Å². The van der Waals surface area contributed by atoms with Gasteiger partial charge in [0.05, 0.1) is 0 Å². The van der Waals surface area contributed by atoms with E-state index in [4.69, 9.17) is 0 Å². The molecule has 2 heteroatoms. The number of anilines is 1. The topological polar surface area (TPSA) is 29.1 Å². The second-order valence-corrected chi connectivity index (χ2v) is 4.80. The molecule has 18 heavy (non-hydrogen) atoms. The Kier molecular flexibility index (Phi) is 3.98. The van der Waals surface area contributed by atoms with Gasteiger partial charge in [-0.3, -0.25) is 0 Å². The number of ketones is 1. The summed E-state index contributed by atoms with van der Waals surface area (Å²) in [4.78, 5) is 10.8. The van der Waals surface area contributed by atoms with Crippen LogP contribution in [0.4, 0.5) is 5.69 Å². The van der Waals surface area contributed by atoms with Gasteiger partial charge in [-0.25, -0.2) is 0 Å². The number of nitrogens with one attached hydrogen (secondary N) is 1. The first-order valence-corrected chi connectivity index (χ1v) is 6.39. The van der Waals surface area contributed by atoms with E-state index in [2.05, 4.69) is 48.6 Å². The minimum absolute atomic E-state index is 0.255. The molecular weight excluding hydrogens is 222 g/mol. The summed E-state index contributed by atoms with van der Waals surface area (Å²) in [5.41, 5.74) is 2.40. The largest absolute Gasteiger partial charge is 0.385 e. The quantitative estimate of drug-likeness (QED) is 0.804. The third kappa shape index (κ3) is 3.33. The number of carbonyl (C=O) groups is 1. The average Bonchev–Trinajstić information content (AvgIpc) is 2.34. The minimum atomic E-state index is 0.255. The van der Waals surface area contributed by atoms with Gasteiger partial charge in [0.15, 0.2) is 0 Å². The van der Waals surface area contributed by atoms with Crippen LogP contribution >= 0.6 is 0 Å². The molecule has 0 spiro atoms. The van der Waals surface area contributed by atoms with Gasteiger partial charge in [0, 0.05) is 18.7 Å². The van der Waals surface area contributed by atoms with Crippen molar-refractivity contribution in [2.24, 2.45) is 0 Å². The highest BCUT2D eigenvalue weighted by atomic mass is 16.1. The Bertz CT molecular complexity index is 560. The summed E-state index contributed by atoms with van der Waals surface area (Å²) in [6.07, 6.45) is 1.54. The maximum Gasteiger partial charge on any atom is 0.129 e. The van der Waals surface area contributed by atoms with Crippen LogP contribution in [0.2, 0.25) is 0 Å². The lowest BCUT2D eigenvalue weighted by Gasteiger charge is -2.07. The van der Waals surface area contributed by atoms with E-state index in [0.29, 0.717) is 6.42 Å². The normalized spacial score (nSPS) is 10.6. The molecule has 0 atom stereocenters. The predicted octanol–water partition coefficient (Wildman–Crippen LogP) is 3.93. The van der Waals surface area contributed by atoms with E-state index in [1.807, 2.05) is 0 Å². The molecule has 0 heterocycles. The maximum atomic E-state index is 10.8. The van der Waals surface area contributed by atoms with Gasteiger partial charge in [-0.05, 0) is 43.2 Å². The van der Waals surface area contributed by atoms with E-state index < -0.39 is 0 Å². The maximum absolute atomic E-state index is 10.8. The Morgan fingerprint density at radius 3 is 2.61 bits per heavy atom. The molecule has 1 N–H and O–H groups in total. The van der Waals surface area contributed by atoms with Crippen molar-refractivity contribution in [2.75, 3.05) is 11.9 Å². The third-order valence-corrected chi connectivity index (χ3v) is 3.03. The number of aryl methyl sites for hydroxylation is 1. The summed E-state index contributed by atoms with van der Waals surface area (Å²) in [6, 6.07) is 12.8. The zero-order valence-electron chi connectivity index (χ0n) is 11.0. The van der Waals surface area contributed by atoms with Crippen LogP contribution < -0.4 is 5.32 Å². The second-order valence-electron chi connectivity index (χ2n) is 4.80. The van der Waals surface area contributed by atoms with Crippen molar-refractivity contribution >= 4 is 22.2 Å². The fourth-order valence-electron chi connectivity index (χ4n) is 2.05. The van der Waals surface area contributed by atoms with Crippen LogP contribution in [0.3, 0.4) is 0 Å². The third-order valence-electron chi connectivity index (χ3n) is 3.03. The fraction of sp³-hybridized carbons (Fsp3) is 0.312. The molecule has 0 aromatic heterocycles. The summed E-state index contributed by atoms with van der Waals surface area (Å²) in [5.74, 6) is 0.255. The zero-order chi connectivity index (χ0) is 13.0. The van der Waals surface area contributed by atoms with Crippen LogP contribution in [0.15, 0.2) is 36.4 Å². The SMILES string of the molecule is CC(=O)CCCNc1ccc2cc(C)ccc2c1. The Labute approximate surface area is 108 Å². The first-order valence-electron chi connectivity index (χ1n) is 6.39. The molecule has 2 aromatic rings. The van der Waals surface area contributed by atoms with E-state index >= 15 is 0 Å². The van der Waals surface area contributed by atoms with Crippen LogP contribution in [0.25, 0.3) is 10.8 Å². The number of carbonyl (C=O) groups excluding carboxylic acids is 1. The summed E-state index contributed by atoms with van der Waals surface area (Å²) in [6.45, 7) is 4.59. The molecule has 0 radical (unpaired) electrons. The summed E-state index contributed by atoms with van der Waals surface area (Å²) in [7, 11) is 0. The zero-order valence-corrected chi connectivity index (χ0v) is 11.0. The van der Waals surface area contributed by atoms with Crippen molar-refractivity contribution < 1.29 is 4.79 Å². The van der Waals surface area contributed by atoms with Gasteiger partial charge in [-0.2, -0.15) is 0 Å². The molecular formula is C16H19NO. The van der Waals surface area contributed by atoms with Gasteiger partial charge in [0.1, 0.15) is 5.78 Å². The number of hydrogen-bond donors (Lipinski definition) is 1. The van der Waals surface area contributed by atoms with Gasteiger partial charge in [-0.15, -0.1) is 0 Å². The molecule has 94 valence electrons. The van der Waals surface area contributed by atoms with Crippen molar-refractivity contribution in [1.82, 2.24) is 0 Å². The van der Waals surface area contributed by atoms with Crippen LogP contribution in [0.1, 0.15) is 25.3 Å². The standard InChI is InChI=1S/C16H19NO/c1-12-5-6-15-11-16(8-7-14(15)10-12)17-9-3-4-13(2)18/h5-8,10-11,17H,3-4,9H2,1-2H3. The van der Waals surface area contributed by atoms with Gasteiger partial charge in [0.2, 0.25) is 0 Å². The monoisotopic (exact) mass is 241 g/mol. The van der Waals surface area contributed by atoms with Crippen molar-refractivity contribution in [3.63, 3.8) is 0 Å². The predicted molar refractivity (Wildman–Crippen MR) is 77.1 cm³/mol. The van der Waals surface area contributed by atoms with Gasteiger partial charge in [-0.1, -0.05) is 29.8 Å². The lowest BCUT2D eigenvalue weighted by molar-refractivity contribution is -0.117. The Morgan fingerprint density at radius 1 is 1.11 bits per heavy atom. The molecule has 0 aliphatic heterocycles. The van der Waals surface area contributed by atoms with Crippen molar-refractivity contribution in [3.05, 3.63) is 42.0 Å². The molecule has 0 unspecified atom stereocenters. The first-order chi connectivity index (χ1) is 8.65. The molecule has 0 bridgehead atoms. The lowest BCUT2D eigenvalue weighted by atomic mass is 10.1. The molecule has 0 aliphatic rings.